The highest BCUT2D eigenvalue weighted by atomic mass is 79.9. The van der Waals surface area contributed by atoms with Crippen LogP contribution in [0, 0.1) is 11.6 Å². The van der Waals surface area contributed by atoms with E-state index in [4.69, 9.17) is 8.85 Å². The fourth-order valence-corrected chi connectivity index (χ4v) is 6.14. The zero-order valence-corrected chi connectivity index (χ0v) is 36.6. The molecule has 0 radical (unpaired) electrons. The number of hydrogen-bond donors (Lipinski definition) is 0. The average molecular weight is 833 g/mol. The Bertz CT molecular complexity index is 1790. The Morgan fingerprint density at radius 2 is 1.11 bits per heavy atom. The first-order valence-corrected chi connectivity index (χ1v) is 23.8. The van der Waals surface area contributed by atoms with Crippen molar-refractivity contribution < 1.29 is 33.5 Å². The zero-order valence-electron chi connectivity index (χ0n) is 33.0. The van der Waals surface area contributed by atoms with Crippen molar-refractivity contribution in [3.8, 4) is 0 Å². The number of aromatic nitrogens is 2. The van der Waals surface area contributed by atoms with Gasteiger partial charge in [-0.15, -0.1) is 0 Å². The van der Waals surface area contributed by atoms with Crippen molar-refractivity contribution in [1.82, 2.24) is 15.0 Å². The van der Waals surface area contributed by atoms with Crippen LogP contribution in [0.5, 0.6) is 0 Å². The van der Waals surface area contributed by atoms with Crippen LogP contribution in [0.1, 0.15) is 80.4 Å². The molecule has 0 aliphatic rings. The van der Waals surface area contributed by atoms with E-state index in [0.29, 0.717) is 29.9 Å². The van der Waals surface area contributed by atoms with Gasteiger partial charge in [0.1, 0.15) is 11.6 Å². The van der Waals surface area contributed by atoms with Crippen LogP contribution in [0.2, 0.25) is 36.3 Å². The molecule has 0 aliphatic carbocycles. The van der Waals surface area contributed by atoms with E-state index in [2.05, 4.69) is 105 Å². The number of benzene rings is 2. The first-order valence-electron chi connectivity index (χ1n) is 17.2. The number of rotatable bonds is 10. The molecule has 290 valence electrons. The van der Waals surface area contributed by atoms with E-state index in [1.54, 1.807) is 18.5 Å². The SMILES string of the molecule is CC(C)(C)[Si](C)(C)OCc1cncc(Br)c1.CC(C)(C)[Si](C)(C)OCc1cncc(C(=O)c2ccc(F)cc2)c1.CON(C)C(=O)c1ccc(F)cc1.[HH]. The van der Waals surface area contributed by atoms with E-state index >= 15 is 0 Å². The topological polar surface area (TPSA) is 90.8 Å². The average Bonchev–Trinajstić information content (AvgIpc) is 3.09. The lowest BCUT2D eigenvalue weighted by molar-refractivity contribution is -0.0757. The van der Waals surface area contributed by atoms with Gasteiger partial charge in [-0.1, -0.05) is 41.5 Å². The fourth-order valence-electron chi connectivity index (χ4n) is 3.81. The monoisotopic (exact) mass is 831 g/mol. The normalized spacial score (nSPS) is 11.8. The lowest BCUT2D eigenvalue weighted by Crippen LogP contribution is -2.40. The van der Waals surface area contributed by atoms with Gasteiger partial charge in [-0.25, -0.2) is 13.8 Å². The van der Waals surface area contributed by atoms with E-state index in [1.165, 1.54) is 68.9 Å². The minimum atomic E-state index is -1.86. The summed E-state index contributed by atoms with van der Waals surface area (Å²) in [7, 11) is -0.623. The summed E-state index contributed by atoms with van der Waals surface area (Å²) < 4.78 is 38.8. The minimum absolute atomic E-state index is 0. The maximum atomic E-state index is 13.0. The van der Waals surface area contributed by atoms with Crippen molar-refractivity contribution in [3.63, 3.8) is 0 Å². The Hall–Kier alpha value is -3.47. The van der Waals surface area contributed by atoms with E-state index in [1.807, 2.05) is 6.20 Å². The molecule has 1 amide bonds. The molecule has 2 aromatic carbocycles. The molecule has 0 atom stereocenters. The van der Waals surface area contributed by atoms with Crippen molar-refractivity contribution in [2.24, 2.45) is 0 Å². The van der Waals surface area contributed by atoms with Gasteiger partial charge in [-0.2, -0.15) is 0 Å². The predicted molar refractivity (Wildman–Crippen MR) is 218 cm³/mol. The van der Waals surface area contributed by atoms with Crippen LogP contribution in [-0.2, 0) is 26.9 Å². The number of hydrogen-bond acceptors (Lipinski definition) is 7. The van der Waals surface area contributed by atoms with Crippen molar-refractivity contribution in [2.45, 2.75) is 91.0 Å². The number of halogens is 3. The quantitative estimate of drug-likeness (QED) is 0.0893. The number of carbonyl (C=O) groups is 2. The molecule has 0 fully saturated rings. The van der Waals surface area contributed by atoms with Crippen LogP contribution in [-0.4, -0.2) is 57.5 Å². The second-order valence-corrected chi connectivity index (χ2v) is 26.1. The van der Waals surface area contributed by atoms with Gasteiger partial charge in [0.2, 0.25) is 0 Å². The Balaban J connectivity index is 0.000000424. The van der Waals surface area contributed by atoms with Gasteiger partial charge in [-0.3, -0.25) is 24.4 Å². The van der Waals surface area contributed by atoms with Crippen molar-refractivity contribution >= 4 is 44.3 Å². The molecule has 0 saturated carbocycles. The maximum absolute atomic E-state index is 13.0. The molecule has 4 rings (SSSR count). The summed E-state index contributed by atoms with van der Waals surface area (Å²) in [4.78, 5) is 36.8. The molecular formula is C40H56BrF2N3O5Si2. The van der Waals surface area contributed by atoms with E-state index in [9.17, 15) is 18.4 Å². The van der Waals surface area contributed by atoms with Gasteiger partial charge in [-0.05, 0) is 124 Å². The Morgan fingerprint density at radius 1 is 0.698 bits per heavy atom. The van der Waals surface area contributed by atoms with Gasteiger partial charge in [0, 0.05) is 54.4 Å². The summed E-state index contributed by atoms with van der Waals surface area (Å²) in [6, 6.07) is 14.7. The molecule has 8 nitrogen and oxygen atoms in total. The number of amides is 1. The molecular weight excluding hydrogens is 777 g/mol. The van der Waals surface area contributed by atoms with Gasteiger partial charge in [0.05, 0.1) is 20.3 Å². The summed E-state index contributed by atoms with van der Waals surface area (Å²) in [6.07, 6.45) is 6.89. The van der Waals surface area contributed by atoms with Crippen molar-refractivity contribution in [3.05, 3.63) is 129 Å². The van der Waals surface area contributed by atoms with Crippen LogP contribution < -0.4 is 0 Å². The Morgan fingerprint density at radius 3 is 1.53 bits per heavy atom. The number of hydroxylamine groups is 2. The molecule has 4 aromatic rings. The van der Waals surface area contributed by atoms with Gasteiger partial charge in [0.25, 0.3) is 5.91 Å². The fraction of sp³-hybridized carbons (Fsp3) is 0.400. The Kier molecular flexibility index (Phi) is 17.0. The number of ketones is 1. The lowest BCUT2D eigenvalue weighted by Gasteiger charge is -2.36. The maximum Gasteiger partial charge on any atom is 0.277 e. The third kappa shape index (κ3) is 14.7. The smallest absolute Gasteiger partial charge is 0.277 e. The second-order valence-electron chi connectivity index (χ2n) is 15.5. The molecule has 2 aromatic heterocycles. The van der Waals surface area contributed by atoms with E-state index in [-0.39, 0.29) is 34.8 Å². The summed E-state index contributed by atoms with van der Waals surface area (Å²) in [5.74, 6) is -1.20. The first-order chi connectivity index (χ1) is 24.5. The summed E-state index contributed by atoms with van der Waals surface area (Å²) in [6.45, 7) is 23.3. The molecule has 0 bridgehead atoms. The number of pyridine rings is 2. The number of nitrogens with zero attached hydrogens (tertiary/aromatic N) is 3. The summed E-state index contributed by atoms with van der Waals surface area (Å²) in [5.41, 5.74) is 3.32. The molecule has 2 heterocycles. The van der Waals surface area contributed by atoms with Gasteiger partial charge < -0.3 is 8.85 Å². The third-order valence-electron chi connectivity index (χ3n) is 9.39. The highest BCUT2D eigenvalue weighted by molar-refractivity contribution is 9.10. The predicted octanol–water partition coefficient (Wildman–Crippen LogP) is 11.0. The van der Waals surface area contributed by atoms with E-state index in [0.717, 1.165) is 20.7 Å². The van der Waals surface area contributed by atoms with Crippen molar-refractivity contribution in [2.75, 3.05) is 14.2 Å². The van der Waals surface area contributed by atoms with E-state index < -0.39 is 16.6 Å². The molecule has 0 unspecified atom stereocenters. The summed E-state index contributed by atoms with van der Waals surface area (Å²) >= 11 is 3.42. The lowest BCUT2D eigenvalue weighted by atomic mass is 10.0. The minimum Gasteiger partial charge on any atom is -0.413 e. The molecule has 0 aliphatic heterocycles. The first kappa shape index (κ1) is 45.7. The van der Waals surface area contributed by atoms with Gasteiger partial charge >= 0.3 is 0 Å². The highest BCUT2D eigenvalue weighted by Gasteiger charge is 2.38. The van der Waals surface area contributed by atoms with Crippen LogP contribution >= 0.6 is 15.9 Å². The Labute approximate surface area is 326 Å². The standard InChI is InChI=1S/C19H24FNO2Si.C12H20BrNOSi.C9H10FNO2.H2/c1-19(2,3)24(4,5)23-13-14-10-16(12-21-11-14)18(22)15-6-8-17(20)9-7-15;1-12(2,3)16(4,5)15-9-10-6-11(13)8-14-7-10;1-11(13-2)9(12)7-3-5-8(10)6-4-7;/h6-12H,13H2,1-5H3;6-8H,9H2,1-5H3;3-6H,1-2H3;1H. The van der Waals surface area contributed by atoms with Crippen molar-refractivity contribution in [1.29, 1.82) is 0 Å². The van der Waals surface area contributed by atoms with Gasteiger partial charge in [0.15, 0.2) is 22.4 Å². The zero-order chi connectivity index (χ0) is 40.2. The third-order valence-corrected chi connectivity index (χ3v) is 18.8. The van der Waals surface area contributed by atoms with Crippen LogP contribution in [0.3, 0.4) is 0 Å². The van der Waals surface area contributed by atoms with Crippen LogP contribution in [0.15, 0.2) is 89.9 Å². The molecule has 53 heavy (non-hydrogen) atoms. The second kappa shape index (κ2) is 19.7. The number of carbonyl (C=O) groups excluding carboxylic acids is 2. The largest absolute Gasteiger partial charge is 0.413 e. The highest BCUT2D eigenvalue weighted by Crippen LogP contribution is 2.38. The molecule has 13 heteroatoms. The molecule has 0 spiro atoms. The molecule has 0 N–H and O–H groups in total. The van der Waals surface area contributed by atoms with Crippen LogP contribution in [0.25, 0.3) is 0 Å². The summed E-state index contributed by atoms with van der Waals surface area (Å²) in [5, 5.41) is 1.46. The van der Waals surface area contributed by atoms with Crippen LogP contribution in [0.4, 0.5) is 8.78 Å². The molecule has 0 saturated heterocycles.